The summed E-state index contributed by atoms with van der Waals surface area (Å²) in [6.07, 6.45) is 3.23. The first kappa shape index (κ1) is 19.3. The van der Waals surface area contributed by atoms with Crippen LogP contribution in [0.1, 0.15) is 40.3 Å². The Hall–Kier alpha value is -2.66. The number of carbonyl (C=O) groups is 1. The van der Waals surface area contributed by atoms with Gasteiger partial charge in [-0.2, -0.15) is 0 Å². The Bertz CT molecular complexity index is 1040. The number of hydrogen-bond donors (Lipinski definition) is 0. The molecule has 0 N–H and O–H groups in total. The van der Waals surface area contributed by atoms with E-state index in [0.29, 0.717) is 18.3 Å². The molecule has 0 spiro atoms. The third-order valence-corrected chi connectivity index (χ3v) is 7.29. The topological polar surface area (TPSA) is 42.4 Å². The van der Waals surface area contributed by atoms with E-state index < -0.39 is 0 Å². The average Bonchev–Trinajstić information content (AvgIpc) is 3.14. The van der Waals surface area contributed by atoms with E-state index in [4.69, 9.17) is 4.74 Å². The van der Waals surface area contributed by atoms with Gasteiger partial charge in [0.15, 0.2) is 0 Å². The van der Waals surface area contributed by atoms with Crippen LogP contribution in [0, 0.1) is 19.8 Å². The van der Waals surface area contributed by atoms with Gasteiger partial charge in [0.2, 0.25) is 0 Å². The number of piperidine rings is 2. The summed E-state index contributed by atoms with van der Waals surface area (Å²) in [6.45, 7) is 4.58. The van der Waals surface area contributed by atoms with E-state index in [-0.39, 0.29) is 11.9 Å². The molecule has 1 aromatic heterocycles. The smallest absolute Gasteiger partial charge is 0.274 e. The molecule has 154 valence electrons. The van der Waals surface area contributed by atoms with Crippen LogP contribution in [-0.4, -0.2) is 34.5 Å². The van der Waals surface area contributed by atoms with E-state index in [0.717, 1.165) is 46.4 Å². The summed E-state index contributed by atoms with van der Waals surface area (Å²) in [5.74, 6) is 1.64. The largest absolute Gasteiger partial charge is 0.491 e. The maximum atomic E-state index is 13.7. The molecule has 1 saturated carbocycles. The number of fused-ring (bicyclic) bond motifs is 2. The minimum Gasteiger partial charge on any atom is -0.491 e. The maximum Gasteiger partial charge on any atom is 0.274 e. The molecule has 1 aliphatic carbocycles. The molecule has 3 aliphatic rings. The van der Waals surface area contributed by atoms with Gasteiger partial charge in [0.25, 0.3) is 5.91 Å². The first-order valence-corrected chi connectivity index (χ1v) is 11.4. The fraction of sp³-hybridized carbons (Fsp3) is 0.360. The third kappa shape index (κ3) is 3.63. The predicted molar refractivity (Wildman–Crippen MR) is 120 cm³/mol. The number of aromatic nitrogens is 1. The van der Waals surface area contributed by atoms with E-state index in [2.05, 4.69) is 41.1 Å². The van der Waals surface area contributed by atoms with Gasteiger partial charge in [-0.25, -0.2) is 4.98 Å². The van der Waals surface area contributed by atoms with Gasteiger partial charge in [-0.15, -0.1) is 11.3 Å². The Balaban J connectivity index is 1.40. The summed E-state index contributed by atoms with van der Waals surface area (Å²) in [7, 11) is 0. The van der Waals surface area contributed by atoms with Gasteiger partial charge in [0.05, 0.1) is 15.9 Å². The Labute approximate surface area is 181 Å². The van der Waals surface area contributed by atoms with Crippen LogP contribution < -0.4 is 4.74 Å². The van der Waals surface area contributed by atoms with E-state index in [1.807, 2.05) is 37.3 Å². The second kappa shape index (κ2) is 7.88. The fourth-order valence-electron chi connectivity index (χ4n) is 4.70. The number of aryl methyl sites for hydroxylation is 2. The van der Waals surface area contributed by atoms with Crippen molar-refractivity contribution in [1.29, 1.82) is 0 Å². The number of carbonyl (C=O) groups excluding carboxylic acids is 1. The summed E-state index contributed by atoms with van der Waals surface area (Å²) in [5, 5.41) is 0.924. The zero-order valence-electron chi connectivity index (χ0n) is 17.4. The van der Waals surface area contributed by atoms with Crippen LogP contribution in [-0.2, 0) is 0 Å². The molecule has 1 atom stereocenters. The molecule has 6 rings (SSSR count). The van der Waals surface area contributed by atoms with Crippen molar-refractivity contribution in [2.45, 2.75) is 45.2 Å². The quantitative estimate of drug-likeness (QED) is 0.549. The van der Waals surface area contributed by atoms with Crippen LogP contribution in [0.3, 0.4) is 0 Å². The Morgan fingerprint density at radius 2 is 1.80 bits per heavy atom. The zero-order chi connectivity index (χ0) is 20.7. The zero-order valence-corrected chi connectivity index (χ0v) is 18.2. The summed E-state index contributed by atoms with van der Waals surface area (Å²) >= 11 is 1.60. The highest BCUT2D eigenvalue weighted by molar-refractivity contribution is 7.15. The minimum atomic E-state index is 0.0545. The highest BCUT2D eigenvalue weighted by atomic mass is 32.1. The van der Waals surface area contributed by atoms with Gasteiger partial charge in [-0.1, -0.05) is 48.0 Å². The summed E-state index contributed by atoms with van der Waals surface area (Å²) in [4.78, 5) is 21.4. The van der Waals surface area contributed by atoms with Gasteiger partial charge in [-0.05, 0) is 56.7 Å². The SMILES string of the molecule is Cc1ccc(OCC2CC3CC(C3)N2C(=O)c2nc(C)sc2-c2ccccc2)cc1. The van der Waals surface area contributed by atoms with E-state index in [1.54, 1.807) is 11.3 Å². The lowest BCUT2D eigenvalue weighted by atomic mass is 9.70. The lowest BCUT2D eigenvalue weighted by molar-refractivity contribution is -0.0308. The molecule has 2 aliphatic heterocycles. The van der Waals surface area contributed by atoms with Crippen molar-refractivity contribution in [3.8, 4) is 16.2 Å². The van der Waals surface area contributed by atoms with Crippen molar-refractivity contribution < 1.29 is 9.53 Å². The standard InChI is InChI=1S/C25H26N2O2S/c1-16-8-10-22(11-9-16)29-15-21-14-18-12-20(13-18)27(21)25(28)23-24(30-17(2)26-23)19-6-4-3-5-7-19/h3-11,18,20-21H,12-15H2,1-2H3. The fourth-order valence-corrected chi connectivity index (χ4v) is 5.62. The average molecular weight is 419 g/mol. The van der Waals surface area contributed by atoms with Gasteiger partial charge in [-0.3, -0.25) is 4.79 Å². The van der Waals surface area contributed by atoms with Crippen LogP contribution in [0.15, 0.2) is 54.6 Å². The van der Waals surface area contributed by atoms with Gasteiger partial charge in [0, 0.05) is 6.04 Å². The molecule has 3 aromatic rings. The molecular weight excluding hydrogens is 392 g/mol. The highest BCUT2D eigenvalue weighted by Gasteiger charge is 2.47. The molecule has 1 unspecified atom stereocenters. The molecule has 5 heteroatoms. The van der Waals surface area contributed by atoms with Crippen LogP contribution in [0.4, 0.5) is 0 Å². The number of nitrogens with zero attached hydrogens (tertiary/aromatic N) is 2. The van der Waals surface area contributed by atoms with Crippen LogP contribution in [0.2, 0.25) is 0 Å². The molecular formula is C25H26N2O2S. The van der Waals surface area contributed by atoms with Gasteiger partial charge in [0.1, 0.15) is 18.1 Å². The van der Waals surface area contributed by atoms with E-state index >= 15 is 0 Å². The van der Waals surface area contributed by atoms with Gasteiger partial charge >= 0.3 is 0 Å². The van der Waals surface area contributed by atoms with Crippen molar-refractivity contribution in [2.24, 2.45) is 5.92 Å². The lowest BCUT2D eigenvalue weighted by Crippen LogP contribution is -2.60. The maximum absolute atomic E-state index is 13.7. The van der Waals surface area contributed by atoms with E-state index in [9.17, 15) is 4.79 Å². The first-order valence-electron chi connectivity index (χ1n) is 10.6. The monoisotopic (exact) mass is 418 g/mol. The number of benzene rings is 2. The molecule has 3 heterocycles. The molecule has 3 fully saturated rings. The molecule has 1 amide bonds. The second-order valence-electron chi connectivity index (χ2n) is 8.49. The summed E-state index contributed by atoms with van der Waals surface area (Å²) in [6, 6.07) is 18.6. The Morgan fingerprint density at radius 1 is 1.07 bits per heavy atom. The van der Waals surface area contributed by atoms with Gasteiger partial charge < -0.3 is 9.64 Å². The van der Waals surface area contributed by atoms with Crippen molar-refractivity contribution >= 4 is 17.2 Å². The number of thiazole rings is 1. The third-order valence-electron chi connectivity index (χ3n) is 6.27. The molecule has 30 heavy (non-hydrogen) atoms. The van der Waals surface area contributed by atoms with Crippen molar-refractivity contribution in [3.05, 3.63) is 70.9 Å². The molecule has 2 bridgehead atoms. The first-order chi connectivity index (χ1) is 14.6. The highest BCUT2D eigenvalue weighted by Crippen LogP contribution is 2.44. The van der Waals surface area contributed by atoms with Crippen LogP contribution >= 0.6 is 11.3 Å². The van der Waals surface area contributed by atoms with Crippen LogP contribution in [0.5, 0.6) is 5.75 Å². The van der Waals surface area contributed by atoms with Crippen molar-refractivity contribution in [3.63, 3.8) is 0 Å². The number of rotatable bonds is 5. The lowest BCUT2D eigenvalue weighted by Gasteiger charge is -2.53. The molecule has 0 radical (unpaired) electrons. The Kier molecular flexibility index (Phi) is 5.07. The summed E-state index contributed by atoms with van der Waals surface area (Å²) in [5.41, 5.74) is 2.86. The number of ether oxygens (including phenoxy) is 1. The van der Waals surface area contributed by atoms with E-state index in [1.165, 1.54) is 5.56 Å². The van der Waals surface area contributed by atoms with Crippen LogP contribution in [0.25, 0.3) is 10.4 Å². The number of amides is 1. The molecule has 2 saturated heterocycles. The second-order valence-corrected chi connectivity index (χ2v) is 9.70. The van der Waals surface area contributed by atoms with Crippen molar-refractivity contribution in [1.82, 2.24) is 9.88 Å². The minimum absolute atomic E-state index is 0.0545. The summed E-state index contributed by atoms with van der Waals surface area (Å²) < 4.78 is 6.09. The predicted octanol–water partition coefficient (Wildman–Crippen LogP) is 5.50. The Morgan fingerprint density at radius 3 is 2.53 bits per heavy atom. The number of hydrogen-bond acceptors (Lipinski definition) is 4. The molecule has 2 aromatic carbocycles. The normalized spacial score (nSPS) is 22.5. The molecule has 4 nitrogen and oxygen atoms in total. The van der Waals surface area contributed by atoms with Crippen molar-refractivity contribution in [2.75, 3.05) is 6.61 Å².